The van der Waals surface area contributed by atoms with Crippen LogP contribution in [-0.4, -0.2) is 20.7 Å². The summed E-state index contributed by atoms with van der Waals surface area (Å²) in [5, 5.41) is 6.77. The third-order valence-corrected chi connectivity index (χ3v) is 3.53. The third kappa shape index (κ3) is 4.78. The number of hydrazone groups is 1. The topological polar surface area (TPSA) is 75.1 Å². The molecular weight excluding hydrogens is 357 g/mol. The van der Waals surface area contributed by atoms with E-state index in [0.29, 0.717) is 11.4 Å². The molecule has 0 radical (unpaired) electrons. The van der Waals surface area contributed by atoms with Gasteiger partial charge in [-0.1, -0.05) is 24.3 Å². The van der Waals surface area contributed by atoms with Crippen molar-refractivity contribution < 1.29 is 13.2 Å². The molecule has 0 spiro atoms. The molecule has 0 saturated carbocycles. The number of para-hydroxylation sites is 1. The lowest BCUT2D eigenvalue weighted by molar-refractivity contribution is -0.137. The normalized spacial score (nSPS) is 11.9. The molecule has 27 heavy (non-hydrogen) atoms. The van der Waals surface area contributed by atoms with Crippen LogP contribution < -0.4 is 10.7 Å². The second-order valence-electron chi connectivity index (χ2n) is 5.50. The van der Waals surface area contributed by atoms with E-state index in [2.05, 4.69) is 30.8 Å². The largest absolute Gasteiger partial charge is 0.421 e. The van der Waals surface area contributed by atoms with E-state index in [-0.39, 0.29) is 11.8 Å². The Morgan fingerprint density at radius 1 is 1.04 bits per heavy atom. The van der Waals surface area contributed by atoms with E-state index < -0.39 is 11.7 Å². The Morgan fingerprint density at radius 2 is 1.81 bits per heavy atom. The van der Waals surface area contributed by atoms with Crippen LogP contribution in [-0.2, 0) is 6.18 Å². The van der Waals surface area contributed by atoms with Gasteiger partial charge in [0.15, 0.2) is 0 Å². The summed E-state index contributed by atoms with van der Waals surface area (Å²) >= 11 is 0. The SMILES string of the molecule is CC(=NNc1ncc(C(F)(F)F)c(Nc2ccccc2)n1)c1cccnc1. The van der Waals surface area contributed by atoms with Crippen molar-refractivity contribution in [2.75, 3.05) is 10.7 Å². The van der Waals surface area contributed by atoms with Gasteiger partial charge in [0.1, 0.15) is 11.4 Å². The van der Waals surface area contributed by atoms with Crippen molar-refractivity contribution in [1.82, 2.24) is 15.0 Å². The molecule has 1 aromatic carbocycles. The first-order valence-electron chi connectivity index (χ1n) is 7.90. The quantitative estimate of drug-likeness (QED) is 0.511. The number of hydrogen-bond acceptors (Lipinski definition) is 6. The summed E-state index contributed by atoms with van der Waals surface area (Å²) in [6, 6.07) is 12.0. The number of nitrogens with zero attached hydrogens (tertiary/aromatic N) is 4. The van der Waals surface area contributed by atoms with Crippen molar-refractivity contribution in [3.8, 4) is 0 Å². The highest BCUT2D eigenvalue weighted by Crippen LogP contribution is 2.35. The first-order chi connectivity index (χ1) is 12.9. The van der Waals surface area contributed by atoms with Crippen LogP contribution in [0.4, 0.5) is 30.6 Å². The third-order valence-electron chi connectivity index (χ3n) is 3.53. The van der Waals surface area contributed by atoms with Gasteiger partial charge >= 0.3 is 6.18 Å². The molecule has 0 fully saturated rings. The molecule has 2 N–H and O–H groups in total. The van der Waals surface area contributed by atoms with Crippen LogP contribution in [0.1, 0.15) is 18.1 Å². The fourth-order valence-electron chi connectivity index (χ4n) is 2.17. The van der Waals surface area contributed by atoms with Crippen molar-refractivity contribution in [3.05, 3.63) is 72.2 Å². The molecule has 3 rings (SSSR count). The molecule has 0 amide bonds. The number of halogens is 3. The summed E-state index contributed by atoms with van der Waals surface area (Å²) in [5.74, 6) is -0.426. The predicted octanol–water partition coefficient (Wildman–Crippen LogP) is 4.47. The van der Waals surface area contributed by atoms with Gasteiger partial charge in [0.2, 0.25) is 5.95 Å². The number of pyridine rings is 1. The number of aromatic nitrogens is 3. The highest BCUT2D eigenvalue weighted by atomic mass is 19.4. The molecule has 0 atom stereocenters. The van der Waals surface area contributed by atoms with Crippen molar-refractivity contribution in [2.45, 2.75) is 13.1 Å². The fraction of sp³-hybridized carbons (Fsp3) is 0.111. The molecule has 138 valence electrons. The van der Waals surface area contributed by atoms with Gasteiger partial charge in [-0.3, -0.25) is 4.98 Å². The highest BCUT2D eigenvalue weighted by Gasteiger charge is 2.35. The Labute approximate surface area is 153 Å². The molecule has 0 aliphatic carbocycles. The van der Waals surface area contributed by atoms with E-state index in [1.54, 1.807) is 55.7 Å². The van der Waals surface area contributed by atoms with E-state index in [0.717, 1.165) is 11.8 Å². The summed E-state index contributed by atoms with van der Waals surface area (Å²) in [5.41, 5.74) is 3.44. The van der Waals surface area contributed by atoms with Gasteiger partial charge in [-0.05, 0) is 25.1 Å². The predicted molar refractivity (Wildman–Crippen MR) is 96.8 cm³/mol. The average molecular weight is 372 g/mol. The Balaban J connectivity index is 1.87. The number of nitrogens with one attached hydrogen (secondary N) is 2. The maximum atomic E-state index is 13.2. The van der Waals surface area contributed by atoms with Crippen LogP contribution in [0.5, 0.6) is 0 Å². The van der Waals surface area contributed by atoms with Crippen molar-refractivity contribution in [3.63, 3.8) is 0 Å². The zero-order valence-electron chi connectivity index (χ0n) is 14.2. The minimum atomic E-state index is -4.59. The number of alkyl halides is 3. The lowest BCUT2D eigenvalue weighted by Crippen LogP contribution is -2.13. The molecule has 2 heterocycles. The minimum Gasteiger partial charge on any atom is -0.340 e. The number of anilines is 3. The van der Waals surface area contributed by atoms with Crippen LogP contribution >= 0.6 is 0 Å². The van der Waals surface area contributed by atoms with Gasteiger partial charge in [-0.15, -0.1) is 0 Å². The summed E-state index contributed by atoms with van der Waals surface area (Å²) < 4.78 is 39.7. The molecule has 0 aliphatic heterocycles. The van der Waals surface area contributed by atoms with E-state index in [1.165, 1.54) is 0 Å². The first-order valence-corrected chi connectivity index (χ1v) is 7.90. The summed E-state index contributed by atoms with van der Waals surface area (Å²) in [7, 11) is 0. The van der Waals surface area contributed by atoms with Gasteiger partial charge in [-0.2, -0.15) is 23.3 Å². The van der Waals surface area contributed by atoms with Gasteiger partial charge in [-0.25, -0.2) is 10.4 Å². The van der Waals surface area contributed by atoms with Gasteiger partial charge in [0, 0.05) is 29.8 Å². The summed E-state index contributed by atoms with van der Waals surface area (Å²) in [6.07, 6.45) is -0.624. The summed E-state index contributed by atoms with van der Waals surface area (Å²) in [6.45, 7) is 1.73. The fourth-order valence-corrected chi connectivity index (χ4v) is 2.17. The molecule has 0 saturated heterocycles. The molecule has 2 aromatic heterocycles. The molecule has 0 bridgehead atoms. The van der Waals surface area contributed by atoms with Gasteiger partial charge < -0.3 is 5.32 Å². The minimum absolute atomic E-state index is 0.0651. The molecule has 9 heteroatoms. The average Bonchev–Trinajstić information content (AvgIpc) is 2.67. The Kier molecular flexibility index (Phi) is 5.30. The van der Waals surface area contributed by atoms with Crippen molar-refractivity contribution in [1.29, 1.82) is 0 Å². The van der Waals surface area contributed by atoms with Crippen LogP contribution in [0.2, 0.25) is 0 Å². The number of hydrogen-bond donors (Lipinski definition) is 2. The molecule has 0 aliphatic rings. The second kappa shape index (κ2) is 7.81. The zero-order chi connectivity index (χ0) is 19.3. The van der Waals surface area contributed by atoms with E-state index in [1.807, 2.05) is 6.07 Å². The number of benzene rings is 1. The monoisotopic (exact) mass is 372 g/mol. The molecule has 3 aromatic rings. The van der Waals surface area contributed by atoms with E-state index in [9.17, 15) is 13.2 Å². The van der Waals surface area contributed by atoms with Crippen LogP contribution in [0, 0.1) is 0 Å². The Bertz CT molecular complexity index is 927. The Morgan fingerprint density at radius 3 is 2.48 bits per heavy atom. The van der Waals surface area contributed by atoms with Crippen molar-refractivity contribution in [2.24, 2.45) is 5.10 Å². The summed E-state index contributed by atoms with van der Waals surface area (Å²) in [4.78, 5) is 11.6. The standard InChI is InChI=1S/C18H15F3N6/c1-12(13-6-5-9-22-10-13)26-27-17-23-11-15(18(19,20)21)16(25-17)24-14-7-3-2-4-8-14/h2-11H,1H3,(H2,23,24,25,27). The van der Waals surface area contributed by atoms with Gasteiger partial charge in [0.05, 0.1) is 5.71 Å². The van der Waals surface area contributed by atoms with Crippen LogP contribution in [0.15, 0.2) is 66.2 Å². The first kappa shape index (κ1) is 18.3. The molecule has 6 nitrogen and oxygen atoms in total. The highest BCUT2D eigenvalue weighted by molar-refractivity contribution is 5.98. The van der Waals surface area contributed by atoms with Crippen LogP contribution in [0.3, 0.4) is 0 Å². The lowest BCUT2D eigenvalue weighted by Gasteiger charge is -2.14. The van der Waals surface area contributed by atoms with Crippen LogP contribution in [0.25, 0.3) is 0 Å². The second-order valence-corrected chi connectivity index (χ2v) is 5.50. The maximum Gasteiger partial charge on any atom is 0.421 e. The van der Waals surface area contributed by atoms with Gasteiger partial charge in [0.25, 0.3) is 0 Å². The smallest absolute Gasteiger partial charge is 0.340 e. The molecule has 0 unspecified atom stereocenters. The molecular formula is C18H15F3N6. The Hall–Kier alpha value is -3.49. The maximum absolute atomic E-state index is 13.2. The zero-order valence-corrected chi connectivity index (χ0v) is 14.2. The van der Waals surface area contributed by atoms with Crippen molar-refractivity contribution >= 4 is 23.2 Å². The van der Waals surface area contributed by atoms with E-state index >= 15 is 0 Å². The number of rotatable bonds is 5. The van der Waals surface area contributed by atoms with E-state index in [4.69, 9.17) is 0 Å². The lowest BCUT2D eigenvalue weighted by atomic mass is 10.2.